The van der Waals surface area contributed by atoms with Crippen molar-refractivity contribution in [2.24, 2.45) is 5.92 Å². The summed E-state index contributed by atoms with van der Waals surface area (Å²) in [5.74, 6) is 0.267. The largest absolute Gasteiger partial charge is 0.388 e. The Balaban J connectivity index is 2.54. The third-order valence-electron chi connectivity index (χ3n) is 3.21. The molecule has 0 aliphatic rings. The van der Waals surface area contributed by atoms with E-state index in [1.54, 1.807) is 0 Å². The fraction of sp³-hybridized carbons (Fsp3) is 0.600. The summed E-state index contributed by atoms with van der Waals surface area (Å²) in [7, 11) is 0. The number of benzene rings is 1. The molecule has 17 heavy (non-hydrogen) atoms. The number of aliphatic hydroxyl groups is 1. The van der Waals surface area contributed by atoms with Crippen LogP contribution >= 0.6 is 0 Å². The van der Waals surface area contributed by atoms with Gasteiger partial charge in [-0.15, -0.1) is 0 Å². The zero-order chi connectivity index (χ0) is 12.7. The highest BCUT2D eigenvalue weighted by atomic mass is 16.3. The Morgan fingerprint density at radius 2 is 1.82 bits per heavy atom. The third-order valence-corrected chi connectivity index (χ3v) is 3.21. The number of hydrogen-bond acceptors (Lipinski definition) is 2. The zero-order valence-electron chi connectivity index (χ0n) is 11.3. The van der Waals surface area contributed by atoms with Crippen LogP contribution in [-0.2, 0) is 0 Å². The highest BCUT2D eigenvalue weighted by Crippen LogP contribution is 2.22. The Hall–Kier alpha value is -0.860. The van der Waals surface area contributed by atoms with Gasteiger partial charge in [-0.1, -0.05) is 51.1 Å². The van der Waals surface area contributed by atoms with Gasteiger partial charge in [0.2, 0.25) is 0 Å². The van der Waals surface area contributed by atoms with Crippen molar-refractivity contribution in [3.8, 4) is 0 Å². The topological polar surface area (TPSA) is 23.5 Å². The Labute approximate surface area is 105 Å². The van der Waals surface area contributed by atoms with E-state index in [4.69, 9.17) is 0 Å². The van der Waals surface area contributed by atoms with Gasteiger partial charge in [-0.25, -0.2) is 0 Å². The predicted octanol–water partition coefficient (Wildman–Crippen LogP) is 3.09. The minimum atomic E-state index is -0.359. The van der Waals surface area contributed by atoms with Crippen molar-refractivity contribution in [2.45, 2.75) is 33.3 Å². The summed E-state index contributed by atoms with van der Waals surface area (Å²) in [6.07, 6.45) is 0.809. The van der Waals surface area contributed by atoms with Crippen molar-refractivity contribution >= 4 is 0 Å². The highest BCUT2D eigenvalue weighted by molar-refractivity contribution is 5.17. The van der Waals surface area contributed by atoms with Crippen molar-refractivity contribution in [2.75, 3.05) is 19.6 Å². The molecular formula is C15H25NO. The van der Waals surface area contributed by atoms with E-state index in [1.807, 2.05) is 30.3 Å². The van der Waals surface area contributed by atoms with Crippen molar-refractivity contribution in [3.05, 3.63) is 35.9 Å². The second-order valence-corrected chi connectivity index (χ2v) is 4.73. The third kappa shape index (κ3) is 4.49. The maximum Gasteiger partial charge on any atom is 0.0827 e. The van der Waals surface area contributed by atoms with Gasteiger partial charge in [-0.2, -0.15) is 0 Å². The van der Waals surface area contributed by atoms with Crippen LogP contribution in [0.15, 0.2) is 30.3 Å². The summed E-state index contributed by atoms with van der Waals surface area (Å²) in [5, 5.41) is 10.3. The summed E-state index contributed by atoms with van der Waals surface area (Å²) in [4.78, 5) is 2.40. The number of hydrogen-bond donors (Lipinski definition) is 1. The molecule has 1 aromatic rings. The van der Waals surface area contributed by atoms with Crippen molar-refractivity contribution < 1.29 is 5.11 Å². The average molecular weight is 235 g/mol. The molecule has 0 aliphatic carbocycles. The molecule has 1 rings (SSSR count). The molecule has 2 nitrogen and oxygen atoms in total. The van der Waals surface area contributed by atoms with Crippen LogP contribution in [0.2, 0.25) is 0 Å². The fourth-order valence-electron chi connectivity index (χ4n) is 2.18. The van der Waals surface area contributed by atoms with E-state index < -0.39 is 0 Å². The lowest BCUT2D eigenvalue weighted by molar-refractivity contribution is 0.0896. The van der Waals surface area contributed by atoms with Crippen molar-refractivity contribution in [1.29, 1.82) is 0 Å². The molecule has 2 atom stereocenters. The molecular weight excluding hydrogens is 210 g/mol. The minimum Gasteiger partial charge on any atom is -0.388 e. The molecule has 0 bridgehead atoms. The molecule has 0 heterocycles. The number of rotatable bonds is 7. The lowest BCUT2D eigenvalue weighted by Crippen LogP contribution is -2.31. The van der Waals surface area contributed by atoms with E-state index in [0.717, 1.165) is 25.2 Å². The standard InChI is InChI=1S/C15H25NO/c1-4-11-16(5-2)12-13(3)15(17)14-9-7-6-8-10-14/h6-10,13,15,17H,4-5,11-12H2,1-3H3. The van der Waals surface area contributed by atoms with Gasteiger partial charge in [0.25, 0.3) is 0 Å². The van der Waals surface area contributed by atoms with E-state index in [9.17, 15) is 5.11 Å². The van der Waals surface area contributed by atoms with Gasteiger partial charge in [0.1, 0.15) is 0 Å². The lowest BCUT2D eigenvalue weighted by atomic mass is 9.97. The molecule has 1 aromatic carbocycles. The summed E-state index contributed by atoms with van der Waals surface area (Å²) >= 11 is 0. The first kappa shape index (κ1) is 14.2. The van der Waals surface area contributed by atoms with E-state index in [2.05, 4.69) is 25.7 Å². The van der Waals surface area contributed by atoms with Gasteiger partial charge in [0, 0.05) is 6.54 Å². The van der Waals surface area contributed by atoms with Crippen LogP contribution in [0.1, 0.15) is 38.9 Å². The van der Waals surface area contributed by atoms with Crippen LogP contribution in [0.25, 0.3) is 0 Å². The van der Waals surface area contributed by atoms with E-state index >= 15 is 0 Å². The monoisotopic (exact) mass is 235 g/mol. The molecule has 0 amide bonds. The lowest BCUT2D eigenvalue weighted by Gasteiger charge is -2.27. The molecule has 0 radical (unpaired) electrons. The van der Waals surface area contributed by atoms with E-state index in [1.165, 1.54) is 6.42 Å². The van der Waals surface area contributed by atoms with Crippen molar-refractivity contribution in [1.82, 2.24) is 4.90 Å². The summed E-state index contributed by atoms with van der Waals surface area (Å²) in [5.41, 5.74) is 1.02. The second-order valence-electron chi connectivity index (χ2n) is 4.73. The molecule has 2 heteroatoms. The van der Waals surface area contributed by atoms with Crippen LogP contribution in [0, 0.1) is 5.92 Å². The molecule has 96 valence electrons. The molecule has 0 aliphatic heterocycles. The maximum absolute atomic E-state index is 10.3. The van der Waals surface area contributed by atoms with Crippen LogP contribution in [0.5, 0.6) is 0 Å². The average Bonchev–Trinajstić information content (AvgIpc) is 2.38. The molecule has 0 saturated heterocycles. The van der Waals surface area contributed by atoms with Crippen LogP contribution in [0.3, 0.4) is 0 Å². The van der Waals surface area contributed by atoms with Gasteiger partial charge in [-0.05, 0) is 31.0 Å². The van der Waals surface area contributed by atoms with Crippen LogP contribution < -0.4 is 0 Å². The maximum atomic E-state index is 10.3. The van der Waals surface area contributed by atoms with Gasteiger partial charge >= 0.3 is 0 Å². The molecule has 0 saturated carbocycles. The molecule has 0 fully saturated rings. The first-order valence-corrected chi connectivity index (χ1v) is 6.64. The molecule has 2 unspecified atom stereocenters. The summed E-state index contributed by atoms with van der Waals surface area (Å²) in [6.45, 7) is 9.62. The predicted molar refractivity (Wildman–Crippen MR) is 73.0 cm³/mol. The highest BCUT2D eigenvalue weighted by Gasteiger charge is 2.18. The molecule has 0 spiro atoms. The Kier molecular flexibility index (Phi) is 6.23. The Morgan fingerprint density at radius 1 is 1.18 bits per heavy atom. The number of aliphatic hydroxyl groups excluding tert-OH is 1. The molecule has 0 aromatic heterocycles. The van der Waals surface area contributed by atoms with Crippen molar-refractivity contribution in [3.63, 3.8) is 0 Å². The van der Waals surface area contributed by atoms with E-state index in [0.29, 0.717) is 0 Å². The smallest absolute Gasteiger partial charge is 0.0827 e. The summed E-state index contributed by atoms with van der Waals surface area (Å²) in [6, 6.07) is 9.94. The normalized spacial score (nSPS) is 14.9. The first-order chi connectivity index (χ1) is 8.19. The SMILES string of the molecule is CCCN(CC)CC(C)C(O)c1ccccc1. The minimum absolute atomic E-state index is 0.267. The Morgan fingerprint density at radius 3 is 2.35 bits per heavy atom. The van der Waals surface area contributed by atoms with Gasteiger partial charge in [-0.3, -0.25) is 0 Å². The van der Waals surface area contributed by atoms with Gasteiger partial charge in [0.15, 0.2) is 0 Å². The second kappa shape index (κ2) is 7.46. The first-order valence-electron chi connectivity index (χ1n) is 6.64. The van der Waals surface area contributed by atoms with Crippen LogP contribution in [0.4, 0.5) is 0 Å². The van der Waals surface area contributed by atoms with Gasteiger partial charge < -0.3 is 10.0 Å². The number of nitrogens with zero attached hydrogens (tertiary/aromatic N) is 1. The zero-order valence-corrected chi connectivity index (χ0v) is 11.3. The van der Waals surface area contributed by atoms with Gasteiger partial charge in [0.05, 0.1) is 6.10 Å². The Bertz CT molecular complexity index is 299. The fourth-order valence-corrected chi connectivity index (χ4v) is 2.18. The molecule has 1 N–H and O–H groups in total. The van der Waals surface area contributed by atoms with Crippen LogP contribution in [-0.4, -0.2) is 29.6 Å². The summed E-state index contributed by atoms with van der Waals surface area (Å²) < 4.78 is 0. The van der Waals surface area contributed by atoms with E-state index in [-0.39, 0.29) is 12.0 Å². The quantitative estimate of drug-likeness (QED) is 0.785.